The summed E-state index contributed by atoms with van der Waals surface area (Å²) in [5.74, 6) is -0.568. The van der Waals surface area contributed by atoms with Crippen LogP contribution in [0.1, 0.15) is 15.9 Å². The molecule has 1 saturated heterocycles. The molecular formula is C21H25FN3O4+. The van der Waals surface area contributed by atoms with Gasteiger partial charge in [-0.15, -0.1) is 0 Å². The standard InChI is InChI=1S/C21H24FN3O4/c1-28-19-7-6-15(12-17(19)22)13-24-8-10-25(11-9-24)20(26)14-29-18-5-3-2-4-16(18)21(23)27/h2-7,12H,8-11,13-14H2,1H3,(H2,23,27)/p+1. The van der Waals surface area contributed by atoms with E-state index in [9.17, 15) is 14.0 Å². The molecule has 3 N–H and O–H groups in total. The Labute approximate surface area is 168 Å². The maximum absolute atomic E-state index is 13.8. The van der Waals surface area contributed by atoms with Crippen LogP contribution in [0.2, 0.25) is 0 Å². The van der Waals surface area contributed by atoms with E-state index in [0.29, 0.717) is 25.4 Å². The van der Waals surface area contributed by atoms with Gasteiger partial charge in [0.25, 0.3) is 11.8 Å². The molecule has 1 aliphatic rings. The van der Waals surface area contributed by atoms with Gasteiger partial charge in [-0.05, 0) is 30.3 Å². The lowest BCUT2D eigenvalue weighted by Crippen LogP contribution is -3.13. The Hall–Kier alpha value is -3.13. The van der Waals surface area contributed by atoms with Gasteiger partial charge in [0.05, 0.1) is 38.9 Å². The van der Waals surface area contributed by atoms with E-state index in [2.05, 4.69) is 0 Å². The average molecular weight is 402 g/mol. The predicted octanol–water partition coefficient (Wildman–Crippen LogP) is 0.239. The summed E-state index contributed by atoms with van der Waals surface area (Å²) in [7, 11) is 1.44. The highest BCUT2D eigenvalue weighted by Gasteiger charge is 2.24. The van der Waals surface area contributed by atoms with Crippen molar-refractivity contribution in [3.8, 4) is 11.5 Å². The molecule has 0 bridgehead atoms. The van der Waals surface area contributed by atoms with E-state index in [4.69, 9.17) is 15.2 Å². The summed E-state index contributed by atoms with van der Waals surface area (Å²) in [6, 6.07) is 11.6. The van der Waals surface area contributed by atoms with Crippen molar-refractivity contribution < 1.29 is 28.4 Å². The maximum atomic E-state index is 13.8. The van der Waals surface area contributed by atoms with Gasteiger partial charge in [-0.2, -0.15) is 0 Å². The zero-order chi connectivity index (χ0) is 20.8. The van der Waals surface area contributed by atoms with Crippen LogP contribution in [0.3, 0.4) is 0 Å². The molecule has 2 amide bonds. The van der Waals surface area contributed by atoms with Crippen LogP contribution in [0.15, 0.2) is 42.5 Å². The molecule has 0 atom stereocenters. The van der Waals surface area contributed by atoms with Gasteiger partial charge in [0, 0.05) is 5.56 Å². The molecular weight excluding hydrogens is 377 g/mol. The molecule has 1 fully saturated rings. The summed E-state index contributed by atoms with van der Waals surface area (Å²) in [4.78, 5) is 26.9. The fourth-order valence-corrected chi connectivity index (χ4v) is 3.38. The van der Waals surface area contributed by atoms with Crippen LogP contribution >= 0.6 is 0 Å². The van der Waals surface area contributed by atoms with E-state index < -0.39 is 5.91 Å². The normalized spacial score (nSPS) is 14.5. The maximum Gasteiger partial charge on any atom is 0.260 e. The highest BCUT2D eigenvalue weighted by atomic mass is 19.1. The number of quaternary nitrogens is 1. The zero-order valence-electron chi connectivity index (χ0n) is 16.3. The number of carbonyl (C=O) groups is 2. The van der Waals surface area contributed by atoms with Crippen molar-refractivity contribution in [2.24, 2.45) is 5.73 Å². The third-order valence-electron chi connectivity index (χ3n) is 5.00. The van der Waals surface area contributed by atoms with E-state index in [0.717, 1.165) is 18.7 Å². The van der Waals surface area contributed by atoms with E-state index in [-0.39, 0.29) is 29.6 Å². The largest absolute Gasteiger partial charge is 0.494 e. The highest BCUT2D eigenvalue weighted by Crippen LogP contribution is 2.18. The van der Waals surface area contributed by atoms with Crippen LogP contribution in [0, 0.1) is 5.82 Å². The first-order valence-corrected chi connectivity index (χ1v) is 9.43. The number of primary amides is 1. The molecule has 0 aliphatic carbocycles. The SMILES string of the molecule is COc1ccc(C[NH+]2CCN(C(=O)COc3ccccc3C(N)=O)CC2)cc1F. The third-order valence-corrected chi connectivity index (χ3v) is 5.00. The number of hydrogen-bond acceptors (Lipinski definition) is 4. The molecule has 1 aliphatic heterocycles. The van der Waals surface area contributed by atoms with Gasteiger partial charge in [-0.3, -0.25) is 9.59 Å². The van der Waals surface area contributed by atoms with E-state index in [1.54, 1.807) is 35.2 Å². The Morgan fingerprint density at radius 1 is 1.14 bits per heavy atom. The first kappa shape index (κ1) is 20.6. The lowest BCUT2D eigenvalue weighted by molar-refractivity contribution is -0.917. The van der Waals surface area contributed by atoms with Crippen molar-refractivity contribution in [1.82, 2.24) is 4.90 Å². The minimum atomic E-state index is -0.597. The molecule has 0 aromatic heterocycles. The predicted molar refractivity (Wildman–Crippen MR) is 104 cm³/mol. The van der Waals surface area contributed by atoms with Crippen molar-refractivity contribution in [2.75, 3.05) is 39.9 Å². The number of piperazine rings is 1. The number of hydrogen-bond donors (Lipinski definition) is 2. The van der Waals surface area contributed by atoms with Gasteiger partial charge in [0.2, 0.25) is 0 Å². The van der Waals surface area contributed by atoms with Crippen LogP contribution in [-0.4, -0.2) is 56.6 Å². The molecule has 7 nitrogen and oxygen atoms in total. The first-order valence-electron chi connectivity index (χ1n) is 9.43. The molecule has 0 unspecified atom stereocenters. The summed E-state index contributed by atoms with van der Waals surface area (Å²) in [5, 5.41) is 0. The van der Waals surface area contributed by atoms with Crippen molar-refractivity contribution in [3.63, 3.8) is 0 Å². The van der Waals surface area contributed by atoms with Crippen molar-refractivity contribution in [1.29, 1.82) is 0 Å². The number of rotatable bonds is 7. The first-order chi connectivity index (χ1) is 14.0. The molecule has 1 heterocycles. The van der Waals surface area contributed by atoms with E-state index >= 15 is 0 Å². The molecule has 2 aromatic rings. The zero-order valence-corrected chi connectivity index (χ0v) is 16.3. The molecule has 2 aromatic carbocycles. The molecule has 0 radical (unpaired) electrons. The Morgan fingerprint density at radius 2 is 1.86 bits per heavy atom. The number of amides is 2. The number of benzene rings is 2. The number of nitrogens with one attached hydrogen (secondary N) is 1. The number of methoxy groups -OCH3 is 1. The summed E-state index contributed by atoms with van der Waals surface area (Å²) in [5.41, 5.74) is 6.46. The second-order valence-corrected chi connectivity index (χ2v) is 6.93. The van der Waals surface area contributed by atoms with Crippen molar-refractivity contribution in [2.45, 2.75) is 6.54 Å². The molecule has 3 rings (SSSR count). The Bertz CT molecular complexity index is 882. The fourth-order valence-electron chi connectivity index (χ4n) is 3.38. The topological polar surface area (TPSA) is 86.3 Å². The molecule has 0 spiro atoms. The van der Waals surface area contributed by atoms with Crippen LogP contribution in [-0.2, 0) is 11.3 Å². The monoisotopic (exact) mass is 402 g/mol. The van der Waals surface area contributed by atoms with Gasteiger partial charge in [0.1, 0.15) is 12.3 Å². The fraction of sp³-hybridized carbons (Fsp3) is 0.333. The lowest BCUT2D eigenvalue weighted by atomic mass is 10.2. The van der Waals surface area contributed by atoms with Crippen molar-refractivity contribution in [3.05, 3.63) is 59.4 Å². The number of para-hydroxylation sites is 1. The van der Waals surface area contributed by atoms with Gasteiger partial charge in [-0.1, -0.05) is 12.1 Å². The number of nitrogens with two attached hydrogens (primary N) is 1. The summed E-state index contributed by atoms with van der Waals surface area (Å²) < 4.78 is 24.3. The lowest BCUT2D eigenvalue weighted by Gasteiger charge is -2.32. The van der Waals surface area contributed by atoms with Crippen molar-refractivity contribution >= 4 is 11.8 Å². The molecule has 8 heteroatoms. The minimum Gasteiger partial charge on any atom is -0.494 e. The van der Waals surface area contributed by atoms with E-state index in [1.165, 1.54) is 18.1 Å². The van der Waals surface area contributed by atoms with Gasteiger partial charge in [0.15, 0.2) is 18.2 Å². The smallest absolute Gasteiger partial charge is 0.260 e. The summed E-state index contributed by atoms with van der Waals surface area (Å²) in [6.07, 6.45) is 0. The third kappa shape index (κ3) is 5.23. The van der Waals surface area contributed by atoms with Gasteiger partial charge in [-0.25, -0.2) is 4.39 Å². The minimum absolute atomic E-state index is 0.140. The van der Waals surface area contributed by atoms with Crippen LogP contribution in [0.25, 0.3) is 0 Å². The molecule has 0 saturated carbocycles. The second kappa shape index (κ2) is 9.38. The average Bonchev–Trinajstić information content (AvgIpc) is 2.73. The Kier molecular flexibility index (Phi) is 6.66. The van der Waals surface area contributed by atoms with Gasteiger partial charge >= 0.3 is 0 Å². The number of ether oxygens (including phenoxy) is 2. The van der Waals surface area contributed by atoms with Crippen LogP contribution in [0.5, 0.6) is 11.5 Å². The number of carbonyl (C=O) groups excluding carboxylic acids is 2. The van der Waals surface area contributed by atoms with Gasteiger partial charge < -0.3 is 25.0 Å². The molecule has 154 valence electrons. The summed E-state index contributed by atoms with van der Waals surface area (Å²) in [6.45, 7) is 3.24. The number of halogens is 1. The Balaban J connectivity index is 1.48. The number of nitrogens with zero attached hydrogens (tertiary/aromatic N) is 1. The summed E-state index contributed by atoms with van der Waals surface area (Å²) >= 11 is 0. The second-order valence-electron chi connectivity index (χ2n) is 6.93. The Morgan fingerprint density at radius 3 is 2.52 bits per heavy atom. The quantitative estimate of drug-likeness (QED) is 0.695. The molecule has 29 heavy (non-hydrogen) atoms. The highest BCUT2D eigenvalue weighted by molar-refractivity contribution is 5.95. The van der Waals surface area contributed by atoms with Crippen LogP contribution < -0.4 is 20.1 Å². The van der Waals surface area contributed by atoms with Crippen LogP contribution in [0.4, 0.5) is 4.39 Å². The van der Waals surface area contributed by atoms with E-state index in [1.807, 2.05) is 6.07 Å².